The van der Waals surface area contributed by atoms with Gasteiger partial charge in [0.25, 0.3) is 0 Å². The number of aliphatic imine (C=N–C) groups is 1. The molecule has 7 heteroatoms. The highest BCUT2D eigenvalue weighted by Crippen LogP contribution is 2.18. The number of para-hydroxylation sites is 1. The third-order valence-corrected chi connectivity index (χ3v) is 4.93. The molecule has 1 heterocycles. The molecule has 0 aliphatic heterocycles. The minimum Gasteiger partial charge on any atom is -0.361 e. The molecule has 2 aromatic rings. The number of hydrogen-bond acceptors (Lipinski definition) is 2. The van der Waals surface area contributed by atoms with Crippen LogP contribution in [0, 0.1) is 0 Å². The van der Waals surface area contributed by atoms with Gasteiger partial charge in [0.1, 0.15) is 6.54 Å². The van der Waals surface area contributed by atoms with Gasteiger partial charge in [-0.3, -0.25) is 4.79 Å². The molecular weight excluding hydrogens is 453 g/mol. The van der Waals surface area contributed by atoms with Crippen molar-refractivity contribution >= 4 is 46.7 Å². The van der Waals surface area contributed by atoms with Gasteiger partial charge in [-0.15, -0.1) is 24.0 Å². The van der Waals surface area contributed by atoms with Crippen LogP contribution in [0.5, 0.6) is 0 Å². The number of hydrogen-bond donors (Lipinski definition) is 3. The van der Waals surface area contributed by atoms with Gasteiger partial charge in [-0.2, -0.15) is 0 Å². The second kappa shape index (κ2) is 10.5. The van der Waals surface area contributed by atoms with Gasteiger partial charge in [-0.05, 0) is 30.9 Å². The summed E-state index contributed by atoms with van der Waals surface area (Å²) in [5.41, 5.74) is 2.45. The van der Waals surface area contributed by atoms with Crippen LogP contribution in [0.1, 0.15) is 31.2 Å². The molecule has 0 atom stereocenters. The van der Waals surface area contributed by atoms with Crippen LogP contribution in [0.3, 0.4) is 0 Å². The second-order valence-corrected chi connectivity index (χ2v) is 7.11. The quantitative estimate of drug-likeness (QED) is 0.336. The molecule has 1 amide bonds. The largest absolute Gasteiger partial charge is 0.361 e. The first-order valence-electron chi connectivity index (χ1n) is 9.43. The molecule has 0 spiro atoms. The molecule has 0 bridgehead atoms. The van der Waals surface area contributed by atoms with Crippen LogP contribution in [0.15, 0.2) is 35.5 Å². The van der Waals surface area contributed by atoms with Crippen LogP contribution >= 0.6 is 24.0 Å². The van der Waals surface area contributed by atoms with Gasteiger partial charge in [0, 0.05) is 43.8 Å². The van der Waals surface area contributed by atoms with Crippen molar-refractivity contribution in [1.29, 1.82) is 0 Å². The number of H-pyrrole nitrogens is 1. The van der Waals surface area contributed by atoms with E-state index >= 15 is 0 Å². The highest BCUT2D eigenvalue weighted by Gasteiger charge is 2.16. The van der Waals surface area contributed by atoms with Gasteiger partial charge in [0.2, 0.25) is 5.91 Å². The first kappa shape index (κ1) is 21.5. The SMILES string of the molecule is CN(C)C(=O)CN=C(NCCc1c[nH]c2ccccc12)NC1CCCC1.I. The highest BCUT2D eigenvalue weighted by molar-refractivity contribution is 14.0. The maximum absolute atomic E-state index is 11.9. The average Bonchev–Trinajstić information content (AvgIpc) is 3.29. The van der Waals surface area contributed by atoms with E-state index < -0.39 is 0 Å². The topological polar surface area (TPSA) is 72.5 Å². The number of guanidine groups is 1. The number of halogens is 1. The van der Waals surface area contributed by atoms with E-state index in [4.69, 9.17) is 0 Å². The predicted molar refractivity (Wildman–Crippen MR) is 122 cm³/mol. The number of nitrogens with zero attached hydrogens (tertiary/aromatic N) is 2. The zero-order valence-electron chi connectivity index (χ0n) is 16.1. The Kier molecular flexibility index (Phi) is 8.40. The lowest BCUT2D eigenvalue weighted by atomic mass is 10.1. The third kappa shape index (κ3) is 6.12. The molecule has 1 saturated carbocycles. The second-order valence-electron chi connectivity index (χ2n) is 7.11. The first-order chi connectivity index (χ1) is 12.6. The van der Waals surface area contributed by atoms with Crippen LogP contribution in [0.25, 0.3) is 10.9 Å². The minimum absolute atomic E-state index is 0. The summed E-state index contributed by atoms with van der Waals surface area (Å²) in [6.07, 6.45) is 7.84. The van der Waals surface area contributed by atoms with Gasteiger partial charge in [-0.1, -0.05) is 31.0 Å². The summed E-state index contributed by atoms with van der Waals surface area (Å²) in [7, 11) is 3.51. The van der Waals surface area contributed by atoms with Crippen LogP contribution in [0.4, 0.5) is 0 Å². The number of benzene rings is 1. The summed E-state index contributed by atoms with van der Waals surface area (Å²) >= 11 is 0. The summed E-state index contributed by atoms with van der Waals surface area (Å²) < 4.78 is 0. The molecule has 1 aliphatic carbocycles. The monoisotopic (exact) mass is 483 g/mol. The lowest BCUT2D eigenvalue weighted by molar-refractivity contribution is -0.127. The molecule has 3 N–H and O–H groups in total. The molecule has 0 radical (unpaired) electrons. The Bertz CT molecular complexity index is 765. The van der Waals surface area contributed by atoms with Crippen molar-refractivity contribution in [1.82, 2.24) is 20.5 Å². The Morgan fingerprint density at radius 3 is 2.74 bits per heavy atom. The molecule has 1 aliphatic rings. The van der Waals surface area contributed by atoms with E-state index in [1.807, 2.05) is 6.07 Å². The molecule has 1 aromatic heterocycles. The van der Waals surface area contributed by atoms with E-state index in [-0.39, 0.29) is 36.4 Å². The Labute approximate surface area is 178 Å². The lowest BCUT2D eigenvalue weighted by Crippen LogP contribution is -2.43. The van der Waals surface area contributed by atoms with Crippen molar-refractivity contribution in [3.8, 4) is 0 Å². The Balaban J connectivity index is 0.00000261. The standard InChI is InChI=1S/C20H29N5O.HI/c1-25(2)19(26)14-23-20(24-16-7-3-4-8-16)21-12-11-15-13-22-18-10-6-5-9-17(15)18;/h5-6,9-10,13,16,22H,3-4,7-8,11-12,14H2,1-2H3,(H2,21,23,24);1H. The van der Waals surface area contributed by atoms with Crippen molar-refractivity contribution in [3.05, 3.63) is 36.0 Å². The number of amides is 1. The fourth-order valence-corrected chi connectivity index (χ4v) is 3.36. The molecule has 3 rings (SSSR count). The van der Waals surface area contributed by atoms with Crippen LogP contribution in [-0.2, 0) is 11.2 Å². The molecule has 1 aromatic carbocycles. The van der Waals surface area contributed by atoms with Crippen LogP contribution < -0.4 is 10.6 Å². The third-order valence-electron chi connectivity index (χ3n) is 4.93. The minimum atomic E-state index is 0. The maximum Gasteiger partial charge on any atom is 0.243 e. The number of aromatic amines is 1. The predicted octanol–water partition coefficient (Wildman–Crippen LogP) is 2.89. The zero-order valence-corrected chi connectivity index (χ0v) is 18.5. The van der Waals surface area contributed by atoms with Gasteiger partial charge in [0.05, 0.1) is 0 Å². The normalized spacial score (nSPS) is 14.8. The number of carbonyl (C=O) groups excluding carboxylic acids is 1. The number of rotatable bonds is 6. The number of nitrogens with one attached hydrogen (secondary N) is 3. The number of aromatic nitrogens is 1. The number of fused-ring (bicyclic) bond motifs is 1. The lowest BCUT2D eigenvalue weighted by Gasteiger charge is -2.18. The molecule has 148 valence electrons. The van der Waals surface area contributed by atoms with Crippen molar-refractivity contribution in [2.75, 3.05) is 27.2 Å². The summed E-state index contributed by atoms with van der Waals surface area (Å²) in [4.78, 5) is 21.2. The maximum atomic E-state index is 11.9. The molecule has 6 nitrogen and oxygen atoms in total. The Morgan fingerprint density at radius 2 is 2.00 bits per heavy atom. The summed E-state index contributed by atoms with van der Waals surface area (Å²) in [6.45, 7) is 0.943. The fourth-order valence-electron chi connectivity index (χ4n) is 3.36. The summed E-state index contributed by atoms with van der Waals surface area (Å²) in [6, 6.07) is 8.80. The Morgan fingerprint density at radius 1 is 1.26 bits per heavy atom. The van der Waals surface area contributed by atoms with E-state index in [0.717, 1.165) is 24.4 Å². The van der Waals surface area contributed by atoms with E-state index in [2.05, 4.69) is 45.0 Å². The first-order valence-corrected chi connectivity index (χ1v) is 9.43. The summed E-state index contributed by atoms with van der Waals surface area (Å²) in [5.74, 6) is 0.751. The van der Waals surface area contributed by atoms with E-state index in [0.29, 0.717) is 6.04 Å². The average molecular weight is 483 g/mol. The van der Waals surface area contributed by atoms with E-state index in [1.165, 1.54) is 36.6 Å². The van der Waals surface area contributed by atoms with Crippen molar-refractivity contribution in [2.24, 2.45) is 4.99 Å². The number of carbonyl (C=O) groups is 1. The van der Waals surface area contributed by atoms with E-state index in [9.17, 15) is 4.79 Å². The number of likely N-dealkylation sites (N-methyl/N-ethyl adjacent to an activating group) is 1. The fraction of sp³-hybridized carbons (Fsp3) is 0.500. The van der Waals surface area contributed by atoms with Gasteiger partial charge in [-0.25, -0.2) is 4.99 Å². The van der Waals surface area contributed by atoms with E-state index in [1.54, 1.807) is 19.0 Å². The van der Waals surface area contributed by atoms with Crippen molar-refractivity contribution < 1.29 is 4.79 Å². The molecule has 0 unspecified atom stereocenters. The van der Waals surface area contributed by atoms with Crippen molar-refractivity contribution in [2.45, 2.75) is 38.1 Å². The van der Waals surface area contributed by atoms with Crippen molar-refractivity contribution in [3.63, 3.8) is 0 Å². The molecule has 1 fully saturated rings. The zero-order chi connectivity index (χ0) is 18.4. The molecule has 0 saturated heterocycles. The summed E-state index contributed by atoms with van der Waals surface area (Å²) in [5, 5.41) is 8.15. The van der Waals surface area contributed by atoms with Gasteiger partial charge in [0.15, 0.2) is 5.96 Å². The Hall–Kier alpha value is -1.77. The van der Waals surface area contributed by atoms with Crippen LogP contribution in [-0.4, -0.2) is 55.0 Å². The van der Waals surface area contributed by atoms with Gasteiger partial charge >= 0.3 is 0 Å². The highest BCUT2D eigenvalue weighted by atomic mass is 127. The smallest absolute Gasteiger partial charge is 0.243 e. The van der Waals surface area contributed by atoms with Gasteiger partial charge < -0.3 is 20.5 Å². The van der Waals surface area contributed by atoms with Crippen LogP contribution in [0.2, 0.25) is 0 Å². The molecule has 27 heavy (non-hydrogen) atoms. The molecular formula is C20H30IN5O.